The van der Waals surface area contributed by atoms with Gasteiger partial charge >= 0.3 is 0 Å². The fraction of sp³-hybridized carbons (Fsp3) is 0.684. The van der Waals surface area contributed by atoms with Gasteiger partial charge in [-0.25, -0.2) is 0 Å². The van der Waals surface area contributed by atoms with E-state index in [-0.39, 0.29) is 23.4 Å². The summed E-state index contributed by atoms with van der Waals surface area (Å²) in [5.74, 6) is 0.824. The lowest BCUT2D eigenvalue weighted by Gasteiger charge is -2.47. The van der Waals surface area contributed by atoms with Crippen molar-refractivity contribution in [2.75, 3.05) is 20.2 Å². The highest BCUT2D eigenvalue weighted by atomic mass is 35.5. The number of aliphatic hydroxyl groups is 1. The van der Waals surface area contributed by atoms with Crippen LogP contribution in [0.4, 0.5) is 0 Å². The van der Waals surface area contributed by atoms with Crippen LogP contribution in [0.5, 0.6) is 0 Å². The Kier molecular flexibility index (Phi) is 6.05. The van der Waals surface area contributed by atoms with E-state index in [2.05, 4.69) is 32.2 Å². The van der Waals surface area contributed by atoms with Crippen molar-refractivity contribution in [3.05, 3.63) is 33.8 Å². The van der Waals surface area contributed by atoms with Crippen LogP contribution < -0.4 is 5.32 Å². The Bertz CT molecular complexity index is 546. The number of hydrogen-bond donors (Lipinski definition) is 2. The number of aliphatic hydroxyl groups excluding tert-OH is 1. The van der Waals surface area contributed by atoms with Crippen molar-refractivity contribution in [1.82, 2.24) is 5.32 Å². The van der Waals surface area contributed by atoms with Crippen molar-refractivity contribution >= 4 is 23.2 Å². The standard InChI is InChI=1S/C19H29Cl2NO/c1-13-7-8-19(12-22-4,17(11-23)18(2,3)10-13)14-5-6-15(20)16(21)9-14/h5-6,9,13,17,22-23H,7-8,10-12H2,1-4H3. The lowest BCUT2D eigenvalue weighted by molar-refractivity contribution is 0.0438. The molecule has 0 radical (unpaired) electrons. The van der Waals surface area contributed by atoms with Crippen LogP contribution in [0.1, 0.15) is 45.6 Å². The van der Waals surface area contributed by atoms with Gasteiger partial charge in [0.25, 0.3) is 0 Å². The summed E-state index contributed by atoms with van der Waals surface area (Å²) in [6, 6.07) is 5.96. The molecule has 2 N–H and O–H groups in total. The lowest BCUT2D eigenvalue weighted by atomic mass is 9.59. The molecule has 1 fully saturated rings. The molecule has 23 heavy (non-hydrogen) atoms. The molecule has 0 aliphatic heterocycles. The second-order valence-electron chi connectivity index (χ2n) is 7.89. The van der Waals surface area contributed by atoms with Crippen molar-refractivity contribution in [3.8, 4) is 0 Å². The Balaban J connectivity index is 2.61. The number of halogens is 2. The average Bonchev–Trinajstić information content (AvgIpc) is 2.56. The van der Waals surface area contributed by atoms with Crippen molar-refractivity contribution in [3.63, 3.8) is 0 Å². The van der Waals surface area contributed by atoms with Crippen molar-refractivity contribution < 1.29 is 5.11 Å². The van der Waals surface area contributed by atoms with E-state index in [0.29, 0.717) is 16.0 Å². The Labute approximate surface area is 150 Å². The van der Waals surface area contributed by atoms with Gasteiger partial charge in [-0.15, -0.1) is 0 Å². The molecule has 1 aliphatic carbocycles. The van der Waals surface area contributed by atoms with Gasteiger partial charge in [0, 0.05) is 18.6 Å². The molecule has 1 saturated carbocycles. The molecule has 4 heteroatoms. The number of hydrogen-bond acceptors (Lipinski definition) is 2. The third kappa shape index (κ3) is 3.71. The third-order valence-electron chi connectivity index (χ3n) is 5.74. The minimum Gasteiger partial charge on any atom is -0.396 e. The molecule has 0 heterocycles. The highest BCUT2D eigenvalue weighted by Gasteiger charge is 2.49. The first-order valence-corrected chi connectivity index (χ1v) is 9.23. The normalized spacial score (nSPS) is 30.9. The number of rotatable bonds is 4. The van der Waals surface area contributed by atoms with Gasteiger partial charge in [-0.2, -0.15) is 0 Å². The van der Waals surface area contributed by atoms with Crippen LogP contribution in [0, 0.1) is 17.3 Å². The van der Waals surface area contributed by atoms with Gasteiger partial charge < -0.3 is 10.4 Å². The molecule has 0 saturated heterocycles. The van der Waals surface area contributed by atoms with Gasteiger partial charge in [-0.05, 0) is 61.3 Å². The minimum absolute atomic E-state index is 0.0631. The molecule has 1 aromatic carbocycles. The van der Waals surface area contributed by atoms with Crippen LogP contribution >= 0.6 is 23.2 Å². The molecule has 0 amide bonds. The summed E-state index contributed by atoms with van der Waals surface area (Å²) in [4.78, 5) is 0. The molecule has 3 atom stereocenters. The first-order chi connectivity index (χ1) is 10.8. The summed E-state index contributed by atoms with van der Waals surface area (Å²) in [5, 5.41) is 14.8. The Morgan fingerprint density at radius 3 is 2.52 bits per heavy atom. The zero-order valence-corrected chi connectivity index (χ0v) is 16.1. The van der Waals surface area contributed by atoms with Gasteiger partial charge in [-0.3, -0.25) is 0 Å². The van der Waals surface area contributed by atoms with Crippen LogP contribution in [0.15, 0.2) is 18.2 Å². The first kappa shape index (κ1) is 19.1. The van der Waals surface area contributed by atoms with E-state index in [9.17, 15) is 5.11 Å². The highest BCUT2D eigenvalue weighted by Crippen LogP contribution is 2.52. The summed E-state index contributed by atoms with van der Waals surface area (Å²) < 4.78 is 0. The van der Waals surface area contributed by atoms with Gasteiger partial charge in [0.15, 0.2) is 0 Å². The third-order valence-corrected chi connectivity index (χ3v) is 6.48. The minimum atomic E-state index is -0.133. The number of nitrogens with one attached hydrogen (secondary N) is 1. The van der Waals surface area contributed by atoms with E-state index in [1.54, 1.807) is 0 Å². The SMILES string of the molecule is CNCC1(c2ccc(Cl)c(Cl)c2)CCC(C)CC(C)(C)C1CO. The van der Waals surface area contributed by atoms with E-state index in [1.165, 1.54) is 5.56 Å². The lowest BCUT2D eigenvalue weighted by Crippen LogP contribution is -2.49. The number of benzene rings is 1. The maximum atomic E-state index is 10.3. The number of likely N-dealkylation sites (N-methyl/N-ethyl adjacent to an activating group) is 1. The van der Waals surface area contributed by atoms with Crippen LogP contribution in [0.2, 0.25) is 10.0 Å². The zero-order chi connectivity index (χ0) is 17.3. The molecule has 0 aromatic heterocycles. The summed E-state index contributed by atoms with van der Waals surface area (Å²) in [5.41, 5.74) is 1.11. The Morgan fingerprint density at radius 1 is 1.26 bits per heavy atom. The molecule has 130 valence electrons. The summed E-state index contributed by atoms with van der Waals surface area (Å²) in [6.45, 7) is 7.91. The second kappa shape index (κ2) is 7.31. The molecular formula is C19H29Cl2NO. The van der Waals surface area contributed by atoms with Crippen molar-refractivity contribution in [1.29, 1.82) is 0 Å². The fourth-order valence-electron chi connectivity index (χ4n) is 4.77. The molecule has 3 unspecified atom stereocenters. The molecule has 2 rings (SSSR count). The van der Waals surface area contributed by atoms with Crippen LogP contribution in [-0.2, 0) is 5.41 Å². The molecule has 1 aromatic rings. The maximum Gasteiger partial charge on any atom is 0.0595 e. The van der Waals surface area contributed by atoms with E-state index in [4.69, 9.17) is 23.2 Å². The molecule has 0 bridgehead atoms. The van der Waals surface area contributed by atoms with Crippen molar-refractivity contribution in [2.45, 2.75) is 45.4 Å². The molecule has 2 nitrogen and oxygen atoms in total. The largest absolute Gasteiger partial charge is 0.396 e. The van der Waals surface area contributed by atoms with Gasteiger partial charge in [0.2, 0.25) is 0 Å². The first-order valence-electron chi connectivity index (χ1n) is 8.48. The predicted molar refractivity (Wildman–Crippen MR) is 99.4 cm³/mol. The molecule has 1 aliphatic rings. The van der Waals surface area contributed by atoms with Crippen LogP contribution in [0.3, 0.4) is 0 Å². The van der Waals surface area contributed by atoms with E-state index < -0.39 is 0 Å². The Hall–Kier alpha value is -0.280. The highest BCUT2D eigenvalue weighted by molar-refractivity contribution is 6.42. The summed E-state index contributed by atoms with van der Waals surface area (Å²) in [6.07, 6.45) is 3.33. The quantitative estimate of drug-likeness (QED) is 0.750. The monoisotopic (exact) mass is 357 g/mol. The smallest absolute Gasteiger partial charge is 0.0595 e. The van der Waals surface area contributed by atoms with E-state index in [1.807, 2.05) is 19.2 Å². The topological polar surface area (TPSA) is 32.3 Å². The summed E-state index contributed by atoms with van der Waals surface area (Å²) >= 11 is 12.4. The maximum absolute atomic E-state index is 10.3. The zero-order valence-electron chi connectivity index (χ0n) is 14.6. The van der Waals surface area contributed by atoms with Gasteiger partial charge in [-0.1, -0.05) is 50.0 Å². The Morgan fingerprint density at radius 2 is 1.96 bits per heavy atom. The van der Waals surface area contributed by atoms with Gasteiger partial charge in [0.05, 0.1) is 10.0 Å². The van der Waals surface area contributed by atoms with E-state index >= 15 is 0 Å². The fourth-order valence-corrected chi connectivity index (χ4v) is 5.07. The van der Waals surface area contributed by atoms with Gasteiger partial charge in [0.1, 0.15) is 0 Å². The molecule has 0 spiro atoms. The second-order valence-corrected chi connectivity index (χ2v) is 8.70. The van der Waals surface area contributed by atoms with Crippen LogP contribution in [0.25, 0.3) is 0 Å². The summed E-state index contributed by atoms with van der Waals surface area (Å²) in [7, 11) is 1.98. The molecular weight excluding hydrogens is 329 g/mol. The van der Waals surface area contributed by atoms with E-state index in [0.717, 1.165) is 25.8 Å². The predicted octanol–water partition coefficient (Wildman–Crippen LogP) is 4.91. The van der Waals surface area contributed by atoms with Crippen LogP contribution in [-0.4, -0.2) is 25.3 Å². The van der Waals surface area contributed by atoms with Crippen molar-refractivity contribution in [2.24, 2.45) is 17.3 Å². The average molecular weight is 358 g/mol.